The van der Waals surface area contributed by atoms with Gasteiger partial charge in [-0.25, -0.2) is 0 Å². The van der Waals surface area contributed by atoms with Crippen molar-refractivity contribution in [2.24, 2.45) is 5.73 Å². The molecule has 1 rings (SSSR count). The molecule has 2 nitrogen and oxygen atoms in total. The van der Waals surface area contributed by atoms with Gasteiger partial charge in [0.05, 0.1) is 12.7 Å². The Kier molecular flexibility index (Phi) is 5.88. The molecule has 16 heavy (non-hydrogen) atoms. The second-order valence-corrected chi connectivity index (χ2v) is 5.36. The lowest BCUT2D eigenvalue weighted by Crippen LogP contribution is -2.30. The fourth-order valence-corrected chi connectivity index (χ4v) is 2.03. The molecule has 1 aromatic carbocycles. The maximum atomic E-state index is 5.95. The summed E-state index contributed by atoms with van der Waals surface area (Å²) in [4.78, 5) is 1.27. The quantitative estimate of drug-likeness (QED) is 0.775. The summed E-state index contributed by atoms with van der Waals surface area (Å²) in [6.45, 7) is 6.78. The molecule has 1 atom stereocenters. The van der Waals surface area contributed by atoms with Crippen LogP contribution in [-0.4, -0.2) is 24.5 Å². The first kappa shape index (κ1) is 13.6. The molecule has 2 N–H and O–H groups in total. The molecular formula is C13H21NOS. The minimum atomic E-state index is 0.105. The largest absolute Gasteiger partial charge is 0.377 e. The van der Waals surface area contributed by atoms with Crippen molar-refractivity contribution >= 4 is 11.8 Å². The lowest BCUT2D eigenvalue weighted by atomic mass is 10.2. The average Bonchev–Trinajstić information content (AvgIpc) is 2.25. The van der Waals surface area contributed by atoms with Crippen LogP contribution in [0.25, 0.3) is 0 Å². The standard InChI is InChI=1S/C13H21NOS/c1-10(2)15-8-12(14)9-16-13-6-4-11(3)5-7-13/h4-7,10,12H,8-9,14H2,1-3H3. The number of benzene rings is 1. The monoisotopic (exact) mass is 239 g/mol. The first-order valence-corrected chi connectivity index (χ1v) is 6.63. The second kappa shape index (κ2) is 6.94. The van der Waals surface area contributed by atoms with Gasteiger partial charge in [-0.2, -0.15) is 0 Å². The first-order valence-electron chi connectivity index (χ1n) is 5.64. The average molecular weight is 239 g/mol. The lowest BCUT2D eigenvalue weighted by molar-refractivity contribution is 0.0720. The molecule has 0 amide bonds. The van der Waals surface area contributed by atoms with E-state index in [9.17, 15) is 0 Å². The van der Waals surface area contributed by atoms with E-state index in [0.717, 1.165) is 5.75 Å². The van der Waals surface area contributed by atoms with E-state index in [1.807, 2.05) is 13.8 Å². The summed E-state index contributed by atoms with van der Waals surface area (Å²) in [6, 6.07) is 8.62. The summed E-state index contributed by atoms with van der Waals surface area (Å²) in [7, 11) is 0. The summed E-state index contributed by atoms with van der Waals surface area (Å²) < 4.78 is 5.47. The molecule has 0 heterocycles. The summed E-state index contributed by atoms with van der Waals surface area (Å²) >= 11 is 1.78. The Balaban J connectivity index is 2.26. The van der Waals surface area contributed by atoms with Crippen LogP contribution in [0.3, 0.4) is 0 Å². The Morgan fingerprint density at radius 3 is 2.44 bits per heavy atom. The number of hydrogen-bond donors (Lipinski definition) is 1. The van der Waals surface area contributed by atoms with Crippen LogP contribution in [0.2, 0.25) is 0 Å². The van der Waals surface area contributed by atoms with Gasteiger partial charge < -0.3 is 10.5 Å². The van der Waals surface area contributed by atoms with Crippen molar-refractivity contribution in [1.82, 2.24) is 0 Å². The Morgan fingerprint density at radius 1 is 1.25 bits per heavy atom. The van der Waals surface area contributed by atoms with Crippen molar-refractivity contribution in [2.45, 2.75) is 37.8 Å². The van der Waals surface area contributed by atoms with Crippen LogP contribution in [0.15, 0.2) is 29.2 Å². The van der Waals surface area contributed by atoms with E-state index in [4.69, 9.17) is 10.5 Å². The van der Waals surface area contributed by atoms with E-state index in [2.05, 4.69) is 31.2 Å². The van der Waals surface area contributed by atoms with Crippen molar-refractivity contribution in [2.75, 3.05) is 12.4 Å². The molecule has 90 valence electrons. The van der Waals surface area contributed by atoms with E-state index < -0.39 is 0 Å². The van der Waals surface area contributed by atoms with Crippen LogP contribution >= 0.6 is 11.8 Å². The molecule has 3 heteroatoms. The van der Waals surface area contributed by atoms with E-state index in [0.29, 0.717) is 6.61 Å². The fraction of sp³-hybridized carbons (Fsp3) is 0.538. The van der Waals surface area contributed by atoms with Gasteiger partial charge in [0, 0.05) is 16.7 Å². The lowest BCUT2D eigenvalue weighted by Gasteiger charge is -2.13. The zero-order chi connectivity index (χ0) is 12.0. The molecular weight excluding hydrogens is 218 g/mol. The van der Waals surface area contributed by atoms with Crippen molar-refractivity contribution in [3.63, 3.8) is 0 Å². The SMILES string of the molecule is Cc1ccc(SCC(N)COC(C)C)cc1. The number of aryl methyl sites for hydroxylation is 1. The van der Waals surface area contributed by atoms with Gasteiger partial charge in [-0.3, -0.25) is 0 Å². The first-order chi connectivity index (χ1) is 7.58. The van der Waals surface area contributed by atoms with E-state index >= 15 is 0 Å². The number of ether oxygens (including phenoxy) is 1. The van der Waals surface area contributed by atoms with Gasteiger partial charge in [-0.05, 0) is 32.9 Å². The molecule has 0 saturated heterocycles. The highest BCUT2D eigenvalue weighted by atomic mass is 32.2. The Hall–Kier alpha value is -0.510. The zero-order valence-corrected chi connectivity index (χ0v) is 11.1. The number of rotatable bonds is 6. The molecule has 0 saturated carbocycles. The summed E-state index contributed by atoms with van der Waals surface area (Å²) in [5.74, 6) is 0.899. The maximum Gasteiger partial charge on any atom is 0.0629 e. The third-order valence-electron chi connectivity index (χ3n) is 2.13. The third-order valence-corrected chi connectivity index (χ3v) is 3.33. The van der Waals surface area contributed by atoms with E-state index in [1.54, 1.807) is 11.8 Å². The fourth-order valence-electron chi connectivity index (χ4n) is 1.20. The smallest absolute Gasteiger partial charge is 0.0629 e. The van der Waals surface area contributed by atoms with Crippen molar-refractivity contribution < 1.29 is 4.74 Å². The third kappa shape index (κ3) is 5.54. The molecule has 0 spiro atoms. The van der Waals surface area contributed by atoms with Crippen LogP contribution in [0.1, 0.15) is 19.4 Å². The highest BCUT2D eigenvalue weighted by molar-refractivity contribution is 7.99. The van der Waals surface area contributed by atoms with Gasteiger partial charge >= 0.3 is 0 Å². The van der Waals surface area contributed by atoms with Gasteiger partial charge in [-0.15, -0.1) is 11.8 Å². The molecule has 0 aromatic heterocycles. The van der Waals surface area contributed by atoms with Gasteiger partial charge in [-0.1, -0.05) is 17.7 Å². The summed E-state index contributed by atoms with van der Waals surface area (Å²) in [5.41, 5.74) is 7.24. The predicted molar refractivity (Wildman–Crippen MR) is 71.0 cm³/mol. The Morgan fingerprint density at radius 2 is 1.88 bits per heavy atom. The summed E-state index contributed by atoms with van der Waals surface area (Å²) in [5, 5.41) is 0. The molecule has 1 unspecified atom stereocenters. The number of thioether (sulfide) groups is 1. The topological polar surface area (TPSA) is 35.2 Å². The molecule has 0 radical (unpaired) electrons. The van der Waals surface area contributed by atoms with Crippen LogP contribution < -0.4 is 5.73 Å². The Labute approximate surface area is 103 Å². The normalized spacial score (nSPS) is 13.1. The van der Waals surface area contributed by atoms with Gasteiger partial charge in [0.25, 0.3) is 0 Å². The minimum absolute atomic E-state index is 0.105. The molecule has 0 fully saturated rings. The predicted octanol–water partition coefficient (Wildman–Crippen LogP) is 2.84. The van der Waals surface area contributed by atoms with Crippen molar-refractivity contribution in [3.8, 4) is 0 Å². The molecule has 1 aromatic rings. The van der Waals surface area contributed by atoms with E-state index in [-0.39, 0.29) is 12.1 Å². The second-order valence-electron chi connectivity index (χ2n) is 4.27. The molecule has 0 aliphatic carbocycles. The van der Waals surface area contributed by atoms with Gasteiger partial charge in [0.15, 0.2) is 0 Å². The van der Waals surface area contributed by atoms with Crippen molar-refractivity contribution in [3.05, 3.63) is 29.8 Å². The summed E-state index contributed by atoms with van der Waals surface area (Å²) in [6.07, 6.45) is 0.260. The van der Waals surface area contributed by atoms with Gasteiger partial charge in [0.2, 0.25) is 0 Å². The van der Waals surface area contributed by atoms with E-state index in [1.165, 1.54) is 10.5 Å². The minimum Gasteiger partial charge on any atom is -0.377 e. The number of hydrogen-bond acceptors (Lipinski definition) is 3. The van der Waals surface area contributed by atoms with Crippen LogP contribution in [0.4, 0.5) is 0 Å². The van der Waals surface area contributed by atoms with Gasteiger partial charge in [0.1, 0.15) is 0 Å². The molecule has 0 aliphatic rings. The number of nitrogens with two attached hydrogens (primary N) is 1. The highest BCUT2D eigenvalue weighted by Crippen LogP contribution is 2.18. The molecule has 0 bridgehead atoms. The Bertz CT molecular complexity index is 297. The zero-order valence-electron chi connectivity index (χ0n) is 10.3. The highest BCUT2D eigenvalue weighted by Gasteiger charge is 2.05. The van der Waals surface area contributed by atoms with Crippen molar-refractivity contribution in [1.29, 1.82) is 0 Å². The molecule has 0 aliphatic heterocycles. The van der Waals surface area contributed by atoms with Crippen LogP contribution in [0.5, 0.6) is 0 Å². The maximum absolute atomic E-state index is 5.95. The van der Waals surface area contributed by atoms with Crippen LogP contribution in [-0.2, 0) is 4.74 Å². The van der Waals surface area contributed by atoms with Crippen LogP contribution in [0, 0.1) is 6.92 Å².